The molecule has 3 aromatic rings. The molecule has 0 unspecified atom stereocenters. The summed E-state index contributed by atoms with van der Waals surface area (Å²) in [6.07, 6.45) is 1.72. The van der Waals surface area contributed by atoms with E-state index in [0.717, 1.165) is 38.1 Å². The van der Waals surface area contributed by atoms with Gasteiger partial charge in [0, 0.05) is 56.4 Å². The number of halogens is 1. The fourth-order valence-electron chi connectivity index (χ4n) is 4.00. The van der Waals surface area contributed by atoms with E-state index in [1.165, 1.54) is 20.3 Å². The highest BCUT2D eigenvalue weighted by molar-refractivity contribution is 5.98. The van der Waals surface area contributed by atoms with Crippen LogP contribution in [0, 0.1) is 5.82 Å². The third-order valence-corrected chi connectivity index (χ3v) is 5.85. The minimum Gasteiger partial charge on any atom is -0.496 e. The number of nitrogens with one attached hydrogen (secondary N) is 3. The molecule has 1 saturated heterocycles. The number of pyridine rings is 1. The zero-order valence-corrected chi connectivity index (χ0v) is 19.1. The molecule has 4 rings (SSSR count). The highest BCUT2D eigenvalue weighted by atomic mass is 19.1. The lowest BCUT2D eigenvalue weighted by Crippen LogP contribution is -2.47. The Labute approximate surface area is 191 Å². The summed E-state index contributed by atoms with van der Waals surface area (Å²) in [5.41, 5.74) is 1.73. The molecule has 1 aliphatic rings. The van der Waals surface area contributed by atoms with Crippen LogP contribution in [0.4, 0.5) is 15.0 Å². The number of likely N-dealkylation sites (N-methyl/N-ethyl adjacent to an activating group) is 1. The first-order chi connectivity index (χ1) is 16.0. The Morgan fingerprint density at radius 2 is 1.94 bits per heavy atom. The average molecular weight is 457 g/mol. The number of H-pyrrole nitrogens is 1. The van der Waals surface area contributed by atoms with Crippen LogP contribution in [0.3, 0.4) is 0 Å². The summed E-state index contributed by atoms with van der Waals surface area (Å²) in [6.45, 7) is 5.47. The van der Waals surface area contributed by atoms with Crippen molar-refractivity contribution in [3.8, 4) is 22.6 Å². The number of amides is 2. The minimum atomic E-state index is -0.484. The predicted molar refractivity (Wildman–Crippen MR) is 126 cm³/mol. The normalized spacial score (nSPS) is 14.9. The van der Waals surface area contributed by atoms with Crippen LogP contribution in [-0.4, -0.2) is 86.3 Å². The maximum atomic E-state index is 14.3. The summed E-state index contributed by atoms with van der Waals surface area (Å²) in [5, 5.41) is 6.39. The van der Waals surface area contributed by atoms with Crippen molar-refractivity contribution in [3.05, 3.63) is 36.3 Å². The third kappa shape index (κ3) is 5.01. The second kappa shape index (κ2) is 10.1. The number of fused-ring (bicyclic) bond motifs is 1. The molecule has 0 atom stereocenters. The molecule has 0 spiro atoms. The number of urea groups is 1. The Bertz CT molecular complexity index is 1130. The highest BCUT2D eigenvalue weighted by Gasteiger charge is 2.20. The number of benzene rings is 1. The van der Waals surface area contributed by atoms with Crippen LogP contribution in [0.25, 0.3) is 22.2 Å². The number of aromatic amines is 1. The van der Waals surface area contributed by atoms with E-state index in [4.69, 9.17) is 9.47 Å². The van der Waals surface area contributed by atoms with E-state index >= 15 is 0 Å². The molecular formula is C23H29FN6O3. The fourth-order valence-corrected chi connectivity index (χ4v) is 4.00. The van der Waals surface area contributed by atoms with Crippen molar-refractivity contribution in [2.24, 2.45) is 0 Å². The SMILES string of the molecule is COc1ccc(F)c(OC)c1-c1c[nH]c2nc(NC(=O)NCCN3CCN(C)CC3)ccc12. The summed E-state index contributed by atoms with van der Waals surface area (Å²) in [4.78, 5) is 24.5. The van der Waals surface area contributed by atoms with Gasteiger partial charge in [0.1, 0.15) is 17.2 Å². The van der Waals surface area contributed by atoms with Crippen LogP contribution in [-0.2, 0) is 0 Å². The van der Waals surface area contributed by atoms with Crippen molar-refractivity contribution in [2.45, 2.75) is 0 Å². The molecular weight excluding hydrogens is 427 g/mol. The van der Waals surface area contributed by atoms with Gasteiger partial charge in [0.25, 0.3) is 0 Å². The van der Waals surface area contributed by atoms with Gasteiger partial charge < -0.3 is 24.7 Å². The number of anilines is 1. The number of nitrogens with zero attached hydrogens (tertiary/aromatic N) is 3. The van der Waals surface area contributed by atoms with Gasteiger partial charge in [0.2, 0.25) is 0 Å². The Kier molecular flexibility index (Phi) is 6.95. The average Bonchev–Trinajstić information content (AvgIpc) is 3.23. The number of piperazine rings is 1. The van der Waals surface area contributed by atoms with Gasteiger partial charge in [-0.2, -0.15) is 0 Å². The summed E-state index contributed by atoms with van der Waals surface area (Å²) in [6, 6.07) is 6.08. The molecule has 2 amide bonds. The lowest BCUT2D eigenvalue weighted by atomic mass is 10.0. The van der Waals surface area contributed by atoms with Gasteiger partial charge in [-0.05, 0) is 31.3 Å². The molecule has 3 N–H and O–H groups in total. The Balaban J connectivity index is 1.44. The second-order valence-electron chi connectivity index (χ2n) is 7.98. The van der Waals surface area contributed by atoms with Gasteiger partial charge in [-0.25, -0.2) is 14.2 Å². The first kappa shape index (κ1) is 22.8. The number of aromatic nitrogens is 2. The van der Waals surface area contributed by atoms with Gasteiger partial charge in [-0.3, -0.25) is 10.2 Å². The summed E-state index contributed by atoms with van der Waals surface area (Å²) in [7, 11) is 5.05. The molecule has 176 valence electrons. The number of rotatable bonds is 7. The van der Waals surface area contributed by atoms with Crippen molar-refractivity contribution in [1.29, 1.82) is 0 Å². The van der Waals surface area contributed by atoms with E-state index in [9.17, 15) is 9.18 Å². The molecule has 33 heavy (non-hydrogen) atoms. The number of methoxy groups -OCH3 is 2. The van der Waals surface area contributed by atoms with Crippen LogP contribution < -0.4 is 20.1 Å². The molecule has 9 nitrogen and oxygen atoms in total. The summed E-state index contributed by atoms with van der Waals surface area (Å²) < 4.78 is 25.1. The van der Waals surface area contributed by atoms with E-state index in [1.807, 2.05) is 6.07 Å². The van der Waals surface area contributed by atoms with Crippen molar-refractivity contribution in [1.82, 2.24) is 25.1 Å². The summed E-state index contributed by atoms with van der Waals surface area (Å²) in [5.74, 6) is 0.501. The Hall–Kier alpha value is -3.37. The van der Waals surface area contributed by atoms with E-state index in [1.54, 1.807) is 18.3 Å². The quantitative estimate of drug-likeness (QED) is 0.506. The zero-order valence-electron chi connectivity index (χ0n) is 19.1. The standard InChI is InChI=1S/C23H29FN6O3/c1-29-10-12-30(13-11-29)9-8-25-23(31)28-19-7-4-15-16(14-26-22(15)27-19)20-18(32-2)6-5-17(24)21(20)33-3/h4-7,14H,8-13H2,1-3H3,(H3,25,26,27,28,31). The molecule has 0 aliphatic carbocycles. The molecule has 3 heterocycles. The Morgan fingerprint density at radius 1 is 1.15 bits per heavy atom. The van der Waals surface area contributed by atoms with E-state index in [2.05, 4.69) is 37.4 Å². The molecule has 1 aliphatic heterocycles. The third-order valence-electron chi connectivity index (χ3n) is 5.85. The van der Waals surface area contributed by atoms with Gasteiger partial charge in [0.05, 0.1) is 19.8 Å². The molecule has 0 saturated carbocycles. The smallest absolute Gasteiger partial charge is 0.320 e. The van der Waals surface area contributed by atoms with Gasteiger partial charge in [-0.1, -0.05) is 0 Å². The molecule has 10 heteroatoms. The van der Waals surface area contributed by atoms with E-state index < -0.39 is 5.82 Å². The monoisotopic (exact) mass is 456 g/mol. The molecule has 0 radical (unpaired) electrons. The lowest BCUT2D eigenvalue weighted by Gasteiger charge is -2.32. The minimum absolute atomic E-state index is 0.0946. The maximum absolute atomic E-state index is 14.3. The number of hydrogen-bond donors (Lipinski definition) is 3. The largest absolute Gasteiger partial charge is 0.496 e. The van der Waals surface area contributed by atoms with E-state index in [0.29, 0.717) is 34.9 Å². The fraction of sp³-hybridized carbons (Fsp3) is 0.391. The number of ether oxygens (including phenoxy) is 2. The van der Waals surface area contributed by atoms with Crippen molar-refractivity contribution >= 4 is 22.9 Å². The van der Waals surface area contributed by atoms with Gasteiger partial charge >= 0.3 is 6.03 Å². The molecule has 1 aromatic carbocycles. The molecule has 0 bridgehead atoms. The number of hydrogen-bond acceptors (Lipinski definition) is 6. The van der Waals surface area contributed by atoms with Gasteiger partial charge in [-0.15, -0.1) is 0 Å². The predicted octanol–water partition coefficient (Wildman–Crippen LogP) is 2.76. The maximum Gasteiger partial charge on any atom is 0.320 e. The van der Waals surface area contributed by atoms with Crippen molar-refractivity contribution in [3.63, 3.8) is 0 Å². The number of carbonyl (C=O) groups is 1. The van der Waals surface area contributed by atoms with Gasteiger partial charge in [0.15, 0.2) is 11.6 Å². The molecule has 2 aromatic heterocycles. The van der Waals surface area contributed by atoms with Crippen LogP contribution in [0.5, 0.6) is 11.5 Å². The van der Waals surface area contributed by atoms with Crippen LogP contribution >= 0.6 is 0 Å². The van der Waals surface area contributed by atoms with Crippen LogP contribution in [0.2, 0.25) is 0 Å². The van der Waals surface area contributed by atoms with Crippen LogP contribution in [0.1, 0.15) is 0 Å². The van der Waals surface area contributed by atoms with Crippen molar-refractivity contribution in [2.75, 3.05) is 65.9 Å². The second-order valence-corrected chi connectivity index (χ2v) is 7.98. The first-order valence-electron chi connectivity index (χ1n) is 10.8. The van der Waals surface area contributed by atoms with E-state index in [-0.39, 0.29) is 11.8 Å². The first-order valence-corrected chi connectivity index (χ1v) is 10.8. The molecule has 1 fully saturated rings. The van der Waals surface area contributed by atoms with Crippen molar-refractivity contribution < 1.29 is 18.7 Å². The Morgan fingerprint density at radius 3 is 2.67 bits per heavy atom. The lowest BCUT2D eigenvalue weighted by molar-refractivity contribution is 0.155. The topological polar surface area (TPSA) is 94.8 Å². The number of carbonyl (C=O) groups excluding carboxylic acids is 1. The zero-order chi connectivity index (χ0) is 23.4. The summed E-state index contributed by atoms with van der Waals surface area (Å²) >= 11 is 0. The highest BCUT2D eigenvalue weighted by Crippen LogP contribution is 2.42. The van der Waals surface area contributed by atoms with Crippen LogP contribution in [0.15, 0.2) is 30.5 Å².